The maximum atomic E-state index is 5.85. The molecule has 0 saturated heterocycles. The molecule has 1 atom stereocenters. The zero-order valence-electron chi connectivity index (χ0n) is 10.9. The summed E-state index contributed by atoms with van der Waals surface area (Å²) in [4.78, 5) is 0. The molecule has 0 aliphatic carbocycles. The van der Waals surface area contributed by atoms with Gasteiger partial charge in [0.2, 0.25) is 0 Å². The second kappa shape index (κ2) is 6.18. The fourth-order valence-electron chi connectivity index (χ4n) is 2.27. The van der Waals surface area contributed by atoms with Crippen LogP contribution in [0.5, 0.6) is 0 Å². The van der Waals surface area contributed by atoms with Crippen LogP contribution in [0.2, 0.25) is 0 Å². The monoisotopic (exact) mass is 233 g/mol. The minimum atomic E-state index is 0.243. The number of ether oxygens (including phenoxy) is 1. The molecule has 1 unspecified atom stereocenters. The molecular weight excluding hydrogens is 210 g/mol. The topological polar surface area (TPSA) is 21.3 Å². The number of hydrogen-bond acceptors (Lipinski definition) is 2. The fourth-order valence-corrected chi connectivity index (χ4v) is 2.27. The third-order valence-electron chi connectivity index (χ3n) is 3.32. The lowest BCUT2D eigenvalue weighted by atomic mass is 9.97. The van der Waals surface area contributed by atoms with Crippen molar-refractivity contribution in [3.63, 3.8) is 0 Å². The number of fused-ring (bicyclic) bond motifs is 1. The quantitative estimate of drug-likeness (QED) is 0.790. The second-order valence-corrected chi connectivity index (χ2v) is 5.19. The van der Waals surface area contributed by atoms with Crippen LogP contribution in [0.4, 0.5) is 0 Å². The molecule has 0 amide bonds. The number of nitrogens with one attached hydrogen (secondary N) is 1. The molecule has 94 valence electrons. The Labute approximate surface area is 104 Å². The molecule has 0 aromatic heterocycles. The molecule has 0 bridgehead atoms. The normalized spacial score (nSPS) is 19.4. The van der Waals surface area contributed by atoms with E-state index in [1.807, 2.05) is 0 Å². The second-order valence-electron chi connectivity index (χ2n) is 5.19. The molecule has 1 aliphatic heterocycles. The zero-order valence-corrected chi connectivity index (χ0v) is 10.9. The summed E-state index contributed by atoms with van der Waals surface area (Å²) in [6, 6.07) is 8.64. The van der Waals surface area contributed by atoms with Gasteiger partial charge in [0.25, 0.3) is 0 Å². The summed E-state index contributed by atoms with van der Waals surface area (Å²) >= 11 is 0. The summed E-state index contributed by atoms with van der Waals surface area (Å²) in [5.41, 5.74) is 2.82. The van der Waals surface area contributed by atoms with E-state index >= 15 is 0 Å². The molecule has 2 nitrogen and oxygen atoms in total. The van der Waals surface area contributed by atoms with E-state index in [0.717, 1.165) is 32.0 Å². The molecule has 1 heterocycles. The van der Waals surface area contributed by atoms with E-state index in [0.29, 0.717) is 0 Å². The average Bonchev–Trinajstić information content (AvgIpc) is 2.34. The Morgan fingerprint density at radius 3 is 3.00 bits per heavy atom. The highest BCUT2D eigenvalue weighted by Gasteiger charge is 2.19. The van der Waals surface area contributed by atoms with Gasteiger partial charge >= 0.3 is 0 Å². The van der Waals surface area contributed by atoms with Crippen molar-refractivity contribution < 1.29 is 4.74 Å². The number of rotatable bonds is 5. The summed E-state index contributed by atoms with van der Waals surface area (Å²) in [7, 11) is 0. The van der Waals surface area contributed by atoms with Crippen molar-refractivity contribution in [3.8, 4) is 0 Å². The fraction of sp³-hybridized carbons (Fsp3) is 0.600. The molecule has 0 spiro atoms. The highest BCUT2D eigenvalue weighted by Crippen LogP contribution is 2.26. The van der Waals surface area contributed by atoms with Gasteiger partial charge in [-0.25, -0.2) is 0 Å². The van der Waals surface area contributed by atoms with E-state index in [-0.39, 0.29) is 6.10 Å². The molecule has 1 aromatic rings. The van der Waals surface area contributed by atoms with Crippen LogP contribution >= 0.6 is 0 Å². The summed E-state index contributed by atoms with van der Waals surface area (Å²) in [5, 5.41) is 3.50. The minimum Gasteiger partial charge on any atom is -0.372 e. The van der Waals surface area contributed by atoms with E-state index < -0.39 is 0 Å². The first-order valence-corrected chi connectivity index (χ1v) is 6.67. The van der Waals surface area contributed by atoms with Crippen molar-refractivity contribution in [2.75, 3.05) is 19.7 Å². The molecule has 0 radical (unpaired) electrons. The third-order valence-corrected chi connectivity index (χ3v) is 3.32. The van der Waals surface area contributed by atoms with Crippen molar-refractivity contribution in [3.05, 3.63) is 35.4 Å². The van der Waals surface area contributed by atoms with Gasteiger partial charge in [0.15, 0.2) is 0 Å². The Balaban J connectivity index is 1.86. The summed E-state index contributed by atoms with van der Waals surface area (Å²) in [6.07, 6.45) is 2.53. The summed E-state index contributed by atoms with van der Waals surface area (Å²) in [5.74, 6) is 0.766. The van der Waals surface area contributed by atoms with Gasteiger partial charge in [0.1, 0.15) is 0 Å². The Morgan fingerprint density at radius 2 is 2.18 bits per heavy atom. The maximum absolute atomic E-state index is 5.85. The van der Waals surface area contributed by atoms with Gasteiger partial charge in [-0.05, 0) is 36.4 Å². The Hall–Kier alpha value is -0.860. The third kappa shape index (κ3) is 3.55. The van der Waals surface area contributed by atoms with Crippen molar-refractivity contribution >= 4 is 0 Å². The van der Waals surface area contributed by atoms with E-state index in [1.54, 1.807) is 0 Å². The lowest BCUT2D eigenvalue weighted by molar-refractivity contribution is 0.0425. The van der Waals surface area contributed by atoms with Gasteiger partial charge in [-0.3, -0.25) is 0 Å². The standard InChI is InChI=1S/C15H23NO/c1-12(2)7-9-16-11-15-14-6-4-3-5-13(14)8-10-17-15/h3-6,12,15-16H,7-11H2,1-2H3. The molecule has 0 saturated carbocycles. The molecular formula is C15H23NO. The molecule has 1 aliphatic rings. The Kier molecular flexibility index (Phi) is 4.57. The van der Waals surface area contributed by atoms with Crippen LogP contribution in [0.1, 0.15) is 37.5 Å². The van der Waals surface area contributed by atoms with Crippen LogP contribution in [0.3, 0.4) is 0 Å². The first kappa shape index (κ1) is 12.6. The highest BCUT2D eigenvalue weighted by molar-refractivity contribution is 5.31. The lowest BCUT2D eigenvalue weighted by Gasteiger charge is -2.26. The molecule has 1 N–H and O–H groups in total. The molecule has 2 heteroatoms. The van der Waals surface area contributed by atoms with Crippen LogP contribution in [-0.2, 0) is 11.2 Å². The van der Waals surface area contributed by atoms with Gasteiger partial charge in [-0.15, -0.1) is 0 Å². The SMILES string of the molecule is CC(C)CCNCC1OCCc2ccccc21. The van der Waals surface area contributed by atoms with Crippen LogP contribution in [0.25, 0.3) is 0 Å². The van der Waals surface area contributed by atoms with E-state index in [2.05, 4.69) is 43.4 Å². The summed E-state index contributed by atoms with van der Waals surface area (Å²) < 4.78 is 5.85. The molecule has 2 rings (SSSR count). The molecule has 17 heavy (non-hydrogen) atoms. The van der Waals surface area contributed by atoms with Gasteiger partial charge in [-0.1, -0.05) is 38.1 Å². The highest BCUT2D eigenvalue weighted by atomic mass is 16.5. The first-order valence-electron chi connectivity index (χ1n) is 6.67. The molecule has 1 aromatic carbocycles. The summed E-state index contributed by atoms with van der Waals surface area (Å²) in [6.45, 7) is 7.39. The van der Waals surface area contributed by atoms with Crippen molar-refractivity contribution in [1.29, 1.82) is 0 Å². The average molecular weight is 233 g/mol. The minimum absolute atomic E-state index is 0.243. The maximum Gasteiger partial charge on any atom is 0.0952 e. The van der Waals surface area contributed by atoms with Crippen LogP contribution in [0.15, 0.2) is 24.3 Å². The van der Waals surface area contributed by atoms with Crippen molar-refractivity contribution in [1.82, 2.24) is 5.32 Å². The van der Waals surface area contributed by atoms with Gasteiger partial charge < -0.3 is 10.1 Å². The Morgan fingerprint density at radius 1 is 1.35 bits per heavy atom. The van der Waals surface area contributed by atoms with E-state index in [4.69, 9.17) is 4.74 Å². The van der Waals surface area contributed by atoms with Crippen LogP contribution in [-0.4, -0.2) is 19.7 Å². The smallest absolute Gasteiger partial charge is 0.0952 e. The van der Waals surface area contributed by atoms with Gasteiger partial charge in [-0.2, -0.15) is 0 Å². The van der Waals surface area contributed by atoms with Crippen LogP contribution in [0, 0.1) is 5.92 Å². The van der Waals surface area contributed by atoms with E-state index in [9.17, 15) is 0 Å². The zero-order chi connectivity index (χ0) is 12.1. The van der Waals surface area contributed by atoms with Gasteiger partial charge in [0, 0.05) is 6.54 Å². The van der Waals surface area contributed by atoms with Crippen molar-refractivity contribution in [2.24, 2.45) is 5.92 Å². The van der Waals surface area contributed by atoms with Crippen LogP contribution < -0.4 is 5.32 Å². The number of hydrogen-bond donors (Lipinski definition) is 1. The largest absolute Gasteiger partial charge is 0.372 e. The number of benzene rings is 1. The van der Waals surface area contributed by atoms with Crippen molar-refractivity contribution in [2.45, 2.75) is 32.8 Å². The molecule has 0 fully saturated rings. The first-order chi connectivity index (χ1) is 8.27. The van der Waals surface area contributed by atoms with E-state index in [1.165, 1.54) is 17.5 Å². The predicted molar refractivity (Wildman–Crippen MR) is 71.2 cm³/mol. The lowest BCUT2D eigenvalue weighted by Crippen LogP contribution is -2.28. The van der Waals surface area contributed by atoms with Gasteiger partial charge in [0.05, 0.1) is 12.7 Å². The predicted octanol–water partition coefficient (Wildman–Crippen LogP) is 2.94. The Bertz CT molecular complexity index is 349.